The second kappa shape index (κ2) is 9.90. The molecule has 0 unspecified atom stereocenters. The highest BCUT2D eigenvalue weighted by Crippen LogP contribution is 2.28. The van der Waals surface area contributed by atoms with E-state index in [9.17, 15) is 4.79 Å². The van der Waals surface area contributed by atoms with E-state index in [0.717, 1.165) is 45.7 Å². The number of carbonyl (C=O) groups is 1. The molecule has 4 aromatic rings. The molecule has 11 heteroatoms. The third kappa shape index (κ3) is 4.66. The molecular weight excluding hydrogens is 470 g/mol. The first-order valence-electron chi connectivity index (χ1n) is 11.2. The monoisotopic (exact) mass is 495 g/mol. The lowest BCUT2D eigenvalue weighted by molar-refractivity contribution is -0.131. The fourth-order valence-corrected chi connectivity index (χ4v) is 5.20. The van der Waals surface area contributed by atoms with E-state index in [-0.39, 0.29) is 5.91 Å². The first kappa shape index (κ1) is 22.5. The van der Waals surface area contributed by atoms with Crippen molar-refractivity contribution in [3.63, 3.8) is 0 Å². The molecule has 9 nitrogen and oxygen atoms in total. The van der Waals surface area contributed by atoms with Crippen LogP contribution in [0, 0.1) is 4.77 Å². The summed E-state index contributed by atoms with van der Waals surface area (Å²) in [4.78, 5) is 27.1. The number of fused-ring (bicyclic) bond motifs is 1. The van der Waals surface area contributed by atoms with Gasteiger partial charge >= 0.3 is 0 Å². The molecule has 0 saturated carbocycles. The van der Waals surface area contributed by atoms with Gasteiger partial charge in [-0.2, -0.15) is 5.10 Å². The Morgan fingerprint density at radius 2 is 1.97 bits per heavy atom. The van der Waals surface area contributed by atoms with Gasteiger partial charge in [-0.3, -0.25) is 14.5 Å². The highest BCUT2D eigenvalue weighted by atomic mass is 32.1. The number of carbonyl (C=O) groups excluding carboxylic acids is 1. The Hall–Kier alpha value is -3.31. The van der Waals surface area contributed by atoms with Crippen LogP contribution in [-0.4, -0.2) is 68.3 Å². The maximum atomic E-state index is 12.9. The summed E-state index contributed by atoms with van der Waals surface area (Å²) < 4.78 is 7.90. The summed E-state index contributed by atoms with van der Waals surface area (Å²) in [7, 11) is 0. The van der Waals surface area contributed by atoms with Gasteiger partial charge in [-0.15, -0.1) is 0 Å². The van der Waals surface area contributed by atoms with Crippen LogP contribution in [0.2, 0.25) is 0 Å². The number of amides is 1. The number of nitrogens with zero attached hydrogens (tertiary/aromatic N) is 6. The predicted molar refractivity (Wildman–Crippen MR) is 135 cm³/mol. The number of pyridine rings is 1. The average Bonchev–Trinajstić information content (AvgIpc) is 3.47. The number of nitrogens with one attached hydrogen (secondary N) is 1. The van der Waals surface area contributed by atoms with Crippen LogP contribution >= 0.6 is 23.6 Å². The Morgan fingerprint density at radius 1 is 1.18 bits per heavy atom. The fraction of sp³-hybridized carbons (Fsp3) is 0.348. The number of H-pyrrole nitrogens is 1. The van der Waals surface area contributed by atoms with E-state index in [4.69, 9.17) is 17.0 Å². The van der Waals surface area contributed by atoms with E-state index in [1.807, 2.05) is 52.8 Å². The third-order valence-electron chi connectivity index (χ3n) is 5.79. The normalized spacial score (nSPS) is 14.0. The third-order valence-corrected chi connectivity index (χ3v) is 7.14. The minimum absolute atomic E-state index is 0.117. The summed E-state index contributed by atoms with van der Waals surface area (Å²) in [5.41, 5.74) is 1.84. The highest BCUT2D eigenvalue weighted by molar-refractivity contribution is 7.71. The van der Waals surface area contributed by atoms with Crippen LogP contribution in [0.25, 0.3) is 21.7 Å². The molecule has 1 fully saturated rings. The second-order valence-electron chi connectivity index (χ2n) is 7.90. The van der Waals surface area contributed by atoms with Gasteiger partial charge in [0, 0.05) is 50.9 Å². The van der Waals surface area contributed by atoms with Crippen molar-refractivity contribution in [3.05, 3.63) is 47.4 Å². The number of aromatic nitrogens is 5. The molecule has 0 radical (unpaired) electrons. The number of piperazine rings is 1. The standard InChI is InChI=1S/C23H25N7O2S2/c1-2-32-17-7-5-16(6-8-17)20-26-27-22(33)30(20)11-9-19(31)28-12-14-29(15-13-28)23-25-18-4-3-10-24-21(18)34-23/h3-8,10H,2,9,11-15H2,1H3,(H,27,33). The summed E-state index contributed by atoms with van der Waals surface area (Å²) in [6, 6.07) is 11.6. The molecule has 1 aliphatic rings. The van der Waals surface area contributed by atoms with Crippen LogP contribution in [0.15, 0.2) is 42.6 Å². The molecule has 34 heavy (non-hydrogen) atoms. The van der Waals surface area contributed by atoms with Crippen molar-refractivity contribution in [1.29, 1.82) is 0 Å². The van der Waals surface area contributed by atoms with Gasteiger partial charge in [0.1, 0.15) is 16.1 Å². The zero-order valence-electron chi connectivity index (χ0n) is 18.8. The quantitative estimate of drug-likeness (QED) is 0.390. The second-order valence-corrected chi connectivity index (χ2v) is 9.25. The Balaban J connectivity index is 1.19. The van der Waals surface area contributed by atoms with Crippen LogP contribution < -0.4 is 9.64 Å². The summed E-state index contributed by atoms with van der Waals surface area (Å²) in [5.74, 6) is 1.64. The molecule has 1 N–H and O–H groups in total. The smallest absolute Gasteiger partial charge is 0.224 e. The maximum Gasteiger partial charge on any atom is 0.224 e. The van der Waals surface area contributed by atoms with Gasteiger partial charge in [-0.05, 0) is 55.5 Å². The lowest BCUT2D eigenvalue weighted by Crippen LogP contribution is -2.48. The summed E-state index contributed by atoms with van der Waals surface area (Å²) in [6.07, 6.45) is 2.15. The molecule has 5 rings (SSSR count). The molecule has 176 valence electrons. The number of ether oxygens (including phenoxy) is 1. The topological polar surface area (TPSA) is 92.2 Å². The summed E-state index contributed by atoms with van der Waals surface area (Å²) in [5, 5.41) is 8.20. The number of aromatic amines is 1. The van der Waals surface area contributed by atoms with E-state index >= 15 is 0 Å². The van der Waals surface area contributed by atoms with Crippen LogP contribution in [0.5, 0.6) is 5.75 Å². The van der Waals surface area contributed by atoms with E-state index in [0.29, 0.717) is 37.4 Å². The number of anilines is 1. The zero-order chi connectivity index (χ0) is 23.5. The van der Waals surface area contributed by atoms with Crippen LogP contribution in [0.3, 0.4) is 0 Å². The van der Waals surface area contributed by atoms with Crippen LogP contribution in [-0.2, 0) is 11.3 Å². The largest absolute Gasteiger partial charge is 0.494 e. The fourth-order valence-electron chi connectivity index (χ4n) is 4.02. The van der Waals surface area contributed by atoms with E-state index in [2.05, 4.69) is 25.1 Å². The highest BCUT2D eigenvalue weighted by Gasteiger charge is 2.23. The number of rotatable bonds is 7. The van der Waals surface area contributed by atoms with Gasteiger partial charge in [0.25, 0.3) is 0 Å². The molecule has 0 spiro atoms. The molecule has 4 heterocycles. The van der Waals surface area contributed by atoms with Crippen LogP contribution in [0.1, 0.15) is 13.3 Å². The van der Waals surface area contributed by atoms with E-state index in [1.165, 1.54) is 0 Å². The Labute approximate surface area is 206 Å². The molecule has 1 aromatic carbocycles. The van der Waals surface area contributed by atoms with Crippen molar-refractivity contribution in [3.8, 4) is 17.1 Å². The molecular formula is C23H25N7O2S2. The zero-order valence-corrected chi connectivity index (χ0v) is 20.4. The van der Waals surface area contributed by atoms with Crippen molar-refractivity contribution in [2.75, 3.05) is 37.7 Å². The van der Waals surface area contributed by atoms with Crippen molar-refractivity contribution in [1.82, 2.24) is 29.6 Å². The van der Waals surface area contributed by atoms with Gasteiger partial charge in [-0.1, -0.05) is 11.3 Å². The summed E-state index contributed by atoms with van der Waals surface area (Å²) in [6.45, 7) is 5.90. The van der Waals surface area contributed by atoms with Gasteiger partial charge in [0.2, 0.25) is 5.91 Å². The number of benzene rings is 1. The number of hydrogen-bond donors (Lipinski definition) is 1. The number of hydrogen-bond acceptors (Lipinski definition) is 8. The first-order chi connectivity index (χ1) is 16.6. The molecule has 1 aliphatic heterocycles. The molecule has 0 atom stereocenters. The van der Waals surface area contributed by atoms with E-state index in [1.54, 1.807) is 17.5 Å². The molecule has 0 bridgehead atoms. The van der Waals surface area contributed by atoms with Crippen molar-refractivity contribution in [2.45, 2.75) is 19.9 Å². The van der Waals surface area contributed by atoms with Crippen molar-refractivity contribution in [2.24, 2.45) is 0 Å². The lowest BCUT2D eigenvalue weighted by atomic mass is 10.2. The Bertz CT molecular complexity index is 1300. The van der Waals surface area contributed by atoms with Crippen LogP contribution in [0.4, 0.5) is 5.13 Å². The average molecular weight is 496 g/mol. The lowest BCUT2D eigenvalue weighted by Gasteiger charge is -2.34. The van der Waals surface area contributed by atoms with Crippen molar-refractivity contribution < 1.29 is 9.53 Å². The summed E-state index contributed by atoms with van der Waals surface area (Å²) >= 11 is 7.02. The molecule has 1 amide bonds. The van der Waals surface area contributed by atoms with Gasteiger partial charge in [0.05, 0.1) is 6.61 Å². The van der Waals surface area contributed by atoms with Gasteiger partial charge in [-0.25, -0.2) is 9.97 Å². The minimum atomic E-state index is 0.117. The van der Waals surface area contributed by atoms with E-state index < -0.39 is 0 Å². The van der Waals surface area contributed by atoms with Crippen molar-refractivity contribution >= 4 is 44.9 Å². The number of thiazole rings is 1. The molecule has 3 aromatic heterocycles. The Kier molecular flexibility index (Phi) is 6.54. The minimum Gasteiger partial charge on any atom is -0.494 e. The SMILES string of the molecule is CCOc1ccc(-c2n[nH]c(=S)n2CCC(=O)N2CCN(c3nc4cccnc4s3)CC2)cc1. The maximum absolute atomic E-state index is 12.9. The molecule has 0 aliphatic carbocycles. The Morgan fingerprint density at radius 3 is 2.71 bits per heavy atom. The first-order valence-corrected chi connectivity index (χ1v) is 12.5. The van der Waals surface area contributed by atoms with Gasteiger partial charge < -0.3 is 14.5 Å². The predicted octanol–water partition coefficient (Wildman–Crippen LogP) is 3.75. The molecule has 1 saturated heterocycles. The van der Waals surface area contributed by atoms with Gasteiger partial charge in [0.15, 0.2) is 15.7 Å².